The summed E-state index contributed by atoms with van der Waals surface area (Å²) in [7, 11) is -0.730. The van der Waals surface area contributed by atoms with E-state index in [2.05, 4.69) is 51.7 Å². The second-order valence-corrected chi connectivity index (χ2v) is 10.4. The Bertz CT molecular complexity index is 727. The normalized spacial score (nSPS) is 24.7. The number of hydrogen-bond acceptors (Lipinski definition) is 4. The molecule has 3 N–H and O–H groups in total. The number of rotatable bonds is 8. The zero-order valence-electron chi connectivity index (χ0n) is 18.5. The van der Waals surface area contributed by atoms with E-state index < -0.39 is 16.9 Å². The lowest BCUT2D eigenvalue weighted by atomic mass is 9.95. The molecule has 7 heteroatoms. The third-order valence-electron chi connectivity index (χ3n) is 6.11. The number of aliphatic hydroxyl groups is 1. The van der Waals surface area contributed by atoms with Gasteiger partial charge in [0.2, 0.25) is 0 Å². The van der Waals surface area contributed by atoms with Crippen molar-refractivity contribution >= 4 is 16.8 Å². The Balaban J connectivity index is 1.49. The molecule has 1 heterocycles. The van der Waals surface area contributed by atoms with Gasteiger partial charge in [0, 0.05) is 54.0 Å². The van der Waals surface area contributed by atoms with Gasteiger partial charge in [-0.05, 0) is 43.7 Å². The third kappa shape index (κ3) is 6.79. The molecule has 3 rings (SSSR count). The van der Waals surface area contributed by atoms with Crippen LogP contribution in [-0.2, 0) is 23.8 Å². The molecule has 4 atom stereocenters. The summed E-state index contributed by atoms with van der Waals surface area (Å²) in [5, 5.41) is 17.7. The average Bonchev–Trinajstić information content (AvgIpc) is 2.77. The van der Waals surface area contributed by atoms with Crippen LogP contribution in [0.2, 0.25) is 0 Å². The van der Waals surface area contributed by atoms with Gasteiger partial charge in [-0.15, -0.1) is 0 Å². The largest absolute Gasteiger partial charge is 0.390 e. The molecular weight excluding hydrogens is 396 g/mol. The summed E-state index contributed by atoms with van der Waals surface area (Å²) < 4.78 is 12.2. The van der Waals surface area contributed by atoms with Gasteiger partial charge in [-0.2, -0.15) is 0 Å². The van der Waals surface area contributed by atoms with Crippen LogP contribution in [0.5, 0.6) is 0 Å². The minimum atomic E-state index is -0.730. The summed E-state index contributed by atoms with van der Waals surface area (Å²) in [5.41, 5.74) is 2.79. The van der Waals surface area contributed by atoms with E-state index in [4.69, 9.17) is 0 Å². The highest BCUT2D eigenvalue weighted by atomic mass is 32.2. The molecule has 1 fully saturated rings. The molecule has 0 amide bonds. The van der Waals surface area contributed by atoms with E-state index in [0.717, 1.165) is 63.5 Å². The second kappa shape index (κ2) is 11.8. The number of benzene rings is 1. The van der Waals surface area contributed by atoms with Crippen LogP contribution < -0.4 is 10.6 Å². The van der Waals surface area contributed by atoms with Crippen LogP contribution in [0.25, 0.3) is 0 Å². The second-order valence-electron chi connectivity index (χ2n) is 8.43. The van der Waals surface area contributed by atoms with Crippen LogP contribution in [-0.4, -0.2) is 69.5 Å². The van der Waals surface area contributed by atoms with Crippen LogP contribution in [0.1, 0.15) is 50.7 Å². The van der Waals surface area contributed by atoms with Crippen molar-refractivity contribution in [3.05, 3.63) is 35.4 Å². The van der Waals surface area contributed by atoms with Crippen LogP contribution in [0.15, 0.2) is 29.3 Å². The van der Waals surface area contributed by atoms with Crippen molar-refractivity contribution in [2.45, 2.75) is 69.9 Å². The first-order valence-electron chi connectivity index (χ1n) is 11.5. The molecule has 0 aromatic heterocycles. The fourth-order valence-corrected chi connectivity index (χ4v) is 5.87. The zero-order valence-corrected chi connectivity index (χ0v) is 19.3. The Morgan fingerprint density at radius 3 is 2.87 bits per heavy atom. The molecule has 0 saturated heterocycles. The molecule has 1 saturated carbocycles. The predicted molar refractivity (Wildman–Crippen MR) is 125 cm³/mol. The van der Waals surface area contributed by atoms with Crippen molar-refractivity contribution in [2.24, 2.45) is 4.99 Å². The monoisotopic (exact) mass is 434 g/mol. The number of guanidine groups is 1. The predicted octanol–water partition coefficient (Wildman–Crippen LogP) is 2.04. The molecule has 6 nitrogen and oxygen atoms in total. The number of nitrogens with zero attached hydrogens (tertiary/aromatic N) is 2. The zero-order chi connectivity index (χ0) is 21.3. The van der Waals surface area contributed by atoms with Crippen molar-refractivity contribution in [2.75, 3.05) is 31.9 Å². The Kier molecular flexibility index (Phi) is 9.15. The minimum absolute atomic E-state index is 0.289. The van der Waals surface area contributed by atoms with Crippen LogP contribution >= 0.6 is 0 Å². The van der Waals surface area contributed by atoms with Gasteiger partial charge in [-0.1, -0.05) is 37.6 Å². The first kappa shape index (κ1) is 23.2. The minimum Gasteiger partial charge on any atom is -0.390 e. The van der Waals surface area contributed by atoms with E-state index in [1.807, 2.05) is 6.92 Å². The maximum atomic E-state index is 12.2. The third-order valence-corrected chi connectivity index (χ3v) is 7.85. The highest BCUT2D eigenvalue weighted by molar-refractivity contribution is 7.85. The van der Waals surface area contributed by atoms with E-state index in [0.29, 0.717) is 19.1 Å². The van der Waals surface area contributed by atoms with Crippen molar-refractivity contribution in [3.63, 3.8) is 0 Å². The van der Waals surface area contributed by atoms with E-state index in [9.17, 15) is 9.32 Å². The standard InChI is InChI=1S/C23H38N4O2S/c1-3-24-23(26-20-10-7-11-22(14-20)30(29)4-2)25-15-21(28)17-27-13-12-18-8-5-6-9-19(18)16-27/h5-6,8-9,20-22,28H,3-4,7,10-17H2,1-2H3,(H2,24,25,26). The lowest BCUT2D eigenvalue weighted by Gasteiger charge is -2.31. The van der Waals surface area contributed by atoms with Gasteiger partial charge >= 0.3 is 0 Å². The fourth-order valence-electron chi connectivity index (χ4n) is 4.53. The fraction of sp³-hybridized carbons (Fsp3) is 0.696. The van der Waals surface area contributed by atoms with Crippen LogP contribution in [0, 0.1) is 0 Å². The molecule has 0 spiro atoms. The highest BCUT2D eigenvalue weighted by Gasteiger charge is 2.26. The molecule has 1 aliphatic carbocycles. The molecule has 2 aliphatic rings. The van der Waals surface area contributed by atoms with E-state index in [-0.39, 0.29) is 5.25 Å². The topological polar surface area (TPSA) is 77.0 Å². The molecule has 1 aromatic carbocycles. The van der Waals surface area contributed by atoms with Crippen LogP contribution in [0.3, 0.4) is 0 Å². The first-order chi connectivity index (χ1) is 14.6. The molecule has 1 aromatic rings. The summed E-state index contributed by atoms with van der Waals surface area (Å²) in [4.78, 5) is 6.96. The number of aliphatic imine (C=N–C) groups is 1. The maximum absolute atomic E-state index is 12.2. The van der Waals surface area contributed by atoms with Crippen molar-refractivity contribution < 1.29 is 9.32 Å². The smallest absolute Gasteiger partial charge is 0.191 e. The highest BCUT2D eigenvalue weighted by Crippen LogP contribution is 2.23. The van der Waals surface area contributed by atoms with Gasteiger partial charge in [-0.3, -0.25) is 14.1 Å². The van der Waals surface area contributed by atoms with Crippen molar-refractivity contribution in [1.29, 1.82) is 0 Å². The van der Waals surface area contributed by atoms with Gasteiger partial charge < -0.3 is 15.7 Å². The lowest BCUT2D eigenvalue weighted by molar-refractivity contribution is 0.111. The Morgan fingerprint density at radius 1 is 1.30 bits per heavy atom. The molecule has 0 radical (unpaired) electrons. The van der Waals surface area contributed by atoms with Gasteiger partial charge in [0.15, 0.2) is 5.96 Å². The average molecular weight is 435 g/mol. The van der Waals surface area contributed by atoms with Gasteiger partial charge in [0.05, 0.1) is 12.6 Å². The lowest BCUT2D eigenvalue weighted by Crippen LogP contribution is -2.47. The molecule has 168 valence electrons. The Hall–Kier alpha value is -1.44. The van der Waals surface area contributed by atoms with Crippen molar-refractivity contribution in [1.82, 2.24) is 15.5 Å². The summed E-state index contributed by atoms with van der Waals surface area (Å²) in [6.45, 7) is 7.72. The van der Waals surface area contributed by atoms with Gasteiger partial charge in [0.1, 0.15) is 0 Å². The summed E-state index contributed by atoms with van der Waals surface area (Å²) >= 11 is 0. The summed E-state index contributed by atoms with van der Waals surface area (Å²) in [5.74, 6) is 1.49. The maximum Gasteiger partial charge on any atom is 0.191 e. The Morgan fingerprint density at radius 2 is 2.10 bits per heavy atom. The molecular formula is C23H38N4O2S. The summed E-state index contributed by atoms with van der Waals surface area (Å²) in [6, 6.07) is 8.87. The van der Waals surface area contributed by atoms with Gasteiger partial charge in [-0.25, -0.2) is 0 Å². The SMILES string of the molecule is CCNC(=NCC(O)CN1CCc2ccccc2C1)NC1CCCC(S(=O)CC)C1. The quantitative estimate of drug-likeness (QED) is 0.431. The molecule has 1 aliphatic heterocycles. The van der Waals surface area contributed by atoms with Crippen molar-refractivity contribution in [3.8, 4) is 0 Å². The molecule has 4 unspecified atom stereocenters. The molecule has 0 bridgehead atoms. The molecule has 30 heavy (non-hydrogen) atoms. The van der Waals surface area contributed by atoms with E-state index in [1.54, 1.807) is 0 Å². The number of hydrogen-bond donors (Lipinski definition) is 3. The number of aliphatic hydroxyl groups excluding tert-OH is 1. The van der Waals surface area contributed by atoms with E-state index >= 15 is 0 Å². The van der Waals surface area contributed by atoms with Crippen LogP contribution in [0.4, 0.5) is 0 Å². The summed E-state index contributed by atoms with van der Waals surface area (Å²) in [6.07, 6.45) is 4.73. The Labute approximate surface area is 184 Å². The number of nitrogens with one attached hydrogen (secondary N) is 2. The number of fused-ring (bicyclic) bond motifs is 1. The van der Waals surface area contributed by atoms with Gasteiger partial charge in [0.25, 0.3) is 0 Å². The first-order valence-corrected chi connectivity index (χ1v) is 12.9. The number of β-amino-alcohol motifs (C(OH)–C–C–N with tert-alkyl or cyclic N) is 1. The van der Waals surface area contributed by atoms with E-state index in [1.165, 1.54) is 11.1 Å².